The Labute approximate surface area is 222 Å². The summed E-state index contributed by atoms with van der Waals surface area (Å²) in [6, 6.07) is 0.0656. The van der Waals surface area contributed by atoms with Crippen LogP contribution in [0.25, 0.3) is 0 Å². The highest BCUT2D eigenvalue weighted by molar-refractivity contribution is 5.32. The van der Waals surface area contributed by atoms with Crippen LogP contribution in [0.15, 0.2) is 24.3 Å². The van der Waals surface area contributed by atoms with Crippen molar-refractivity contribution in [2.75, 3.05) is 19.8 Å². The van der Waals surface area contributed by atoms with Crippen molar-refractivity contribution >= 4 is 0 Å². The lowest BCUT2D eigenvalue weighted by Crippen LogP contribution is -2.48. The Morgan fingerprint density at radius 2 is 1.33 bits per heavy atom. The van der Waals surface area contributed by atoms with Crippen molar-refractivity contribution in [3.8, 4) is 5.75 Å². The van der Waals surface area contributed by atoms with Gasteiger partial charge in [0.15, 0.2) is 0 Å². The number of alkyl halides is 5. The van der Waals surface area contributed by atoms with E-state index in [-0.39, 0.29) is 50.1 Å². The SMILES string of the molecule is OC1CCC(/C=C/C2CCC(OCC3COC(C(F)(F)Oc4cc(F)c(C(F)(F)F)c(F)c4)OC3)CC2)CC1. The average molecular weight is 571 g/mol. The first-order valence-corrected chi connectivity index (χ1v) is 13.2. The molecule has 12 heteroatoms. The molecule has 5 nitrogen and oxygen atoms in total. The first kappa shape index (κ1) is 30.1. The van der Waals surface area contributed by atoms with Gasteiger partial charge in [0.25, 0.3) is 6.29 Å². The van der Waals surface area contributed by atoms with E-state index < -0.39 is 41.5 Å². The molecule has 0 unspecified atom stereocenters. The normalized spacial score (nSPS) is 31.0. The third-order valence-electron chi connectivity index (χ3n) is 7.48. The van der Waals surface area contributed by atoms with Gasteiger partial charge in [-0.15, -0.1) is 0 Å². The van der Waals surface area contributed by atoms with E-state index in [2.05, 4.69) is 16.9 Å². The molecule has 1 saturated heterocycles. The molecule has 0 radical (unpaired) electrons. The molecule has 1 heterocycles. The predicted octanol–water partition coefficient (Wildman–Crippen LogP) is 6.63. The number of halogens is 7. The molecule has 1 aromatic rings. The zero-order valence-electron chi connectivity index (χ0n) is 21.3. The summed E-state index contributed by atoms with van der Waals surface area (Å²) >= 11 is 0. The highest BCUT2D eigenvalue weighted by atomic mass is 19.4. The van der Waals surface area contributed by atoms with E-state index in [9.17, 15) is 35.8 Å². The number of rotatable bonds is 8. The van der Waals surface area contributed by atoms with Crippen molar-refractivity contribution in [3.05, 3.63) is 41.5 Å². The minimum atomic E-state index is -5.33. The Kier molecular flexibility index (Phi) is 9.83. The van der Waals surface area contributed by atoms with Gasteiger partial charge < -0.3 is 24.1 Å². The van der Waals surface area contributed by atoms with Crippen LogP contribution >= 0.6 is 0 Å². The Bertz CT molecular complexity index is 939. The van der Waals surface area contributed by atoms with Crippen molar-refractivity contribution in [2.45, 2.75) is 82.1 Å². The Morgan fingerprint density at radius 1 is 0.821 bits per heavy atom. The first-order chi connectivity index (χ1) is 18.4. The second kappa shape index (κ2) is 12.7. The van der Waals surface area contributed by atoms with Crippen molar-refractivity contribution in [1.82, 2.24) is 0 Å². The fraction of sp³-hybridized carbons (Fsp3) is 0.704. The monoisotopic (exact) mass is 570 g/mol. The highest BCUT2D eigenvalue weighted by Gasteiger charge is 2.48. The zero-order valence-corrected chi connectivity index (χ0v) is 21.3. The van der Waals surface area contributed by atoms with Gasteiger partial charge in [0.2, 0.25) is 0 Å². The van der Waals surface area contributed by atoms with Crippen molar-refractivity contribution < 1.29 is 54.8 Å². The Morgan fingerprint density at radius 3 is 1.85 bits per heavy atom. The molecular formula is C27H33F7O5. The van der Waals surface area contributed by atoms with Gasteiger partial charge in [-0.1, -0.05) is 12.2 Å². The molecule has 2 aliphatic carbocycles. The smallest absolute Gasteiger partial charge is 0.429 e. The molecule has 3 fully saturated rings. The zero-order chi connectivity index (χ0) is 28.2. The van der Waals surface area contributed by atoms with E-state index in [0.717, 1.165) is 51.4 Å². The van der Waals surface area contributed by atoms with Crippen LogP contribution in [0.3, 0.4) is 0 Å². The summed E-state index contributed by atoms with van der Waals surface area (Å²) in [6.45, 7) is -0.0505. The van der Waals surface area contributed by atoms with Gasteiger partial charge in [-0.2, -0.15) is 22.0 Å². The van der Waals surface area contributed by atoms with Gasteiger partial charge in [-0.05, 0) is 63.2 Å². The molecule has 1 aliphatic heterocycles. The van der Waals surface area contributed by atoms with Crippen LogP contribution in [0.1, 0.15) is 56.9 Å². The van der Waals surface area contributed by atoms with Crippen LogP contribution < -0.4 is 4.74 Å². The summed E-state index contributed by atoms with van der Waals surface area (Å²) in [6.07, 6.45) is 0.187. The quantitative estimate of drug-likeness (QED) is 0.281. The second-order valence-corrected chi connectivity index (χ2v) is 10.6. The van der Waals surface area contributed by atoms with Gasteiger partial charge in [-0.3, -0.25) is 0 Å². The second-order valence-electron chi connectivity index (χ2n) is 10.6. The summed E-state index contributed by atoms with van der Waals surface area (Å²) < 4.78 is 115. The predicted molar refractivity (Wildman–Crippen MR) is 125 cm³/mol. The molecule has 1 N–H and O–H groups in total. The largest absolute Gasteiger partial charge is 0.451 e. The van der Waals surface area contributed by atoms with Gasteiger partial charge in [-0.25, -0.2) is 8.78 Å². The van der Waals surface area contributed by atoms with E-state index in [1.54, 1.807) is 0 Å². The number of allylic oxidation sites excluding steroid dienone is 2. The van der Waals surface area contributed by atoms with Crippen LogP contribution in [-0.2, 0) is 20.4 Å². The highest BCUT2D eigenvalue weighted by Crippen LogP contribution is 2.37. The molecule has 0 atom stereocenters. The molecular weight excluding hydrogens is 537 g/mol. The molecule has 0 spiro atoms. The van der Waals surface area contributed by atoms with Crippen molar-refractivity contribution in [2.24, 2.45) is 17.8 Å². The fourth-order valence-electron chi connectivity index (χ4n) is 5.25. The first-order valence-electron chi connectivity index (χ1n) is 13.2. The standard InChI is InChI=1S/C27H33F7O5/c28-22-11-21(12-23(29)24(22)26(30,31)32)39-27(33,34)25-37-14-18(15-38-25)13-36-20-9-5-17(6-10-20)2-1-16-3-7-19(35)8-4-16/h1-2,11-12,16-20,25,35H,3-10,13-15H2/b2-1+. The van der Waals surface area contributed by atoms with Crippen LogP contribution in [0.5, 0.6) is 5.75 Å². The van der Waals surface area contributed by atoms with Crippen molar-refractivity contribution in [1.29, 1.82) is 0 Å². The Balaban J connectivity index is 1.17. The molecule has 1 aromatic carbocycles. The van der Waals surface area contributed by atoms with Crippen LogP contribution in [-0.4, -0.2) is 49.5 Å². The summed E-state index contributed by atoms with van der Waals surface area (Å²) in [4.78, 5) is 0. The molecule has 0 amide bonds. The van der Waals surface area contributed by atoms with Crippen molar-refractivity contribution in [3.63, 3.8) is 0 Å². The maximum absolute atomic E-state index is 14.4. The summed E-state index contributed by atoms with van der Waals surface area (Å²) in [5, 5.41) is 9.62. The van der Waals surface area contributed by atoms with Gasteiger partial charge >= 0.3 is 12.3 Å². The minimum Gasteiger partial charge on any atom is -0.429 e. The maximum atomic E-state index is 14.4. The lowest BCUT2D eigenvalue weighted by Gasteiger charge is -2.34. The molecule has 39 heavy (non-hydrogen) atoms. The maximum Gasteiger partial charge on any atom is 0.451 e. The topological polar surface area (TPSA) is 57.2 Å². The Hall–Kier alpha value is -1.89. The molecule has 0 aromatic heterocycles. The number of aliphatic hydroxyl groups is 1. The van der Waals surface area contributed by atoms with Crippen LogP contribution in [0, 0.1) is 29.4 Å². The molecule has 3 aliphatic rings. The van der Waals surface area contributed by atoms with E-state index in [0.29, 0.717) is 11.8 Å². The number of hydrogen-bond acceptors (Lipinski definition) is 5. The molecule has 0 bridgehead atoms. The van der Waals surface area contributed by atoms with Gasteiger partial charge in [0, 0.05) is 18.1 Å². The number of ether oxygens (including phenoxy) is 4. The summed E-state index contributed by atoms with van der Waals surface area (Å²) in [7, 11) is 0. The van der Waals surface area contributed by atoms with E-state index in [1.807, 2.05) is 0 Å². The summed E-state index contributed by atoms with van der Waals surface area (Å²) in [5.41, 5.74) is -2.20. The van der Waals surface area contributed by atoms with E-state index in [4.69, 9.17) is 14.2 Å². The lowest BCUT2D eigenvalue weighted by molar-refractivity contribution is -0.353. The van der Waals surface area contributed by atoms with Crippen LogP contribution in [0.2, 0.25) is 0 Å². The van der Waals surface area contributed by atoms with Crippen LogP contribution in [0.4, 0.5) is 30.7 Å². The minimum absolute atomic E-state index is 0.0328. The van der Waals surface area contributed by atoms with E-state index in [1.165, 1.54) is 0 Å². The third kappa shape index (κ3) is 8.31. The number of hydrogen-bond donors (Lipinski definition) is 1. The summed E-state index contributed by atoms with van der Waals surface area (Å²) in [5.74, 6) is -4.59. The number of aliphatic hydroxyl groups excluding tert-OH is 1. The molecule has 4 rings (SSSR count). The average Bonchev–Trinajstić information content (AvgIpc) is 2.86. The van der Waals surface area contributed by atoms with E-state index >= 15 is 0 Å². The lowest BCUT2D eigenvalue weighted by atomic mass is 9.83. The fourth-order valence-corrected chi connectivity index (χ4v) is 5.25. The van der Waals surface area contributed by atoms with Gasteiger partial charge in [0.05, 0.1) is 32.0 Å². The number of benzene rings is 1. The molecule has 220 valence electrons. The molecule has 2 saturated carbocycles. The van der Waals surface area contributed by atoms with Gasteiger partial charge in [0.1, 0.15) is 22.9 Å². The third-order valence-corrected chi connectivity index (χ3v) is 7.48.